The van der Waals surface area contributed by atoms with Crippen molar-refractivity contribution in [3.05, 3.63) is 0 Å². The van der Waals surface area contributed by atoms with Gasteiger partial charge in [0.05, 0.1) is 26.4 Å². The van der Waals surface area contributed by atoms with Gasteiger partial charge in [0.25, 0.3) is 0 Å². The van der Waals surface area contributed by atoms with Crippen LogP contribution in [0, 0.1) is 11.8 Å². The second-order valence-corrected chi connectivity index (χ2v) is 32.1. The smallest absolute Gasteiger partial charge is 0.462 e. The molecule has 0 aromatic carbocycles. The standard InChI is InChI=1S/C79H154O17P2/c1-7-10-12-14-16-18-19-20-21-22-23-24-25-28-32-39-45-51-57-63-78(83)95-75(68-90-77(82)62-56-50-44-38-31-29-26-27-30-36-41-47-53-59-71(4)5)70-94-98(87,88)92-66-73(80)65-91-97(85,86)93-69-74(67-89-76(81)61-55-49-43-35-17-15-13-11-8-2)96-79(84)64-58-52-46-40-34-33-37-42-48-54-60-72(6)9-3/h71-75,80H,7-70H2,1-6H3,(H,85,86)(H,87,88)/t72?,73-,74+,75+/m0/s1. The molecule has 3 unspecified atom stereocenters. The quantitative estimate of drug-likeness (QED) is 0.0222. The van der Waals surface area contributed by atoms with Gasteiger partial charge in [-0.3, -0.25) is 37.3 Å². The van der Waals surface area contributed by atoms with Crippen molar-refractivity contribution in [1.29, 1.82) is 0 Å². The van der Waals surface area contributed by atoms with Crippen molar-refractivity contribution in [2.45, 2.75) is 432 Å². The van der Waals surface area contributed by atoms with Crippen LogP contribution in [0.1, 0.15) is 414 Å². The lowest BCUT2D eigenvalue weighted by Gasteiger charge is -2.21. The third kappa shape index (κ3) is 71.1. The average molecular weight is 1440 g/mol. The van der Waals surface area contributed by atoms with Crippen LogP contribution in [0.25, 0.3) is 0 Å². The minimum atomic E-state index is -4.96. The number of hydrogen-bond acceptors (Lipinski definition) is 15. The van der Waals surface area contributed by atoms with Crippen molar-refractivity contribution in [3.63, 3.8) is 0 Å². The minimum absolute atomic E-state index is 0.106. The van der Waals surface area contributed by atoms with E-state index in [-0.39, 0.29) is 25.7 Å². The number of carbonyl (C=O) groups is 4. The van der Waals surface area contributed by atoms with Gasteiger partial charge >= 0.3 is 39.5 Å². The molecule has 0 aliphatic carbocycles. The SMILES string of the molecule is CCCCCCCCCCCCCCCCCCCCCC(=O)O[C@H](COC(=O)CCCCCCCCCCCCCCCC(C)C)COP(=O)(O)OC[C@@H](O)COP(=O)(O)OC[C@@H](COC(=O)CCCCCCCCCCC)OC(=O)CCCCCCCCCCCCC(C)CC. The molecule has 0 aliphatic heterocycles. The number of carbonyl (C=O) groups excluding carboxylic acids is 4. The number of hydrogen-bond donors (Lipinski definition) is 3. The summed E-state index contributed by atoms with van der Waals surface area (Å²) < 4.78 is 68.6. The zero-order chi connectivity index (χ0) is 72.1. The third-order valence-electron chi connectivity index (χ3n) is 18.8. The largest absolute Gasteiger partial charge is 0.472 e. The van der Waals surface area contributed by atoms with Crippen molar-refractivity contribution in [2.24, 2.45) is 11.8 Å². The maximum Gasteiger partial charge on any atom is 0.472 e. The predicted octanol–water partition coefficient (Wildman–Crippen LogP) is 23.5. The van der Waals surface area contributed by atoms with E-state index >= 15 is 0 Å². The van der Waals surface area contributed by atoms with Gasteiger partial charge in [0.1, 0.15) is 19.3 Å². The van der Waals surface area contributed by atoms with Gasteiger partial charge < -0.3 is 33.8 Å². The van der Waals surface area contributed by atoms with Gasteiger partial charge in [-0.15, -0.1) is 0 Å². The lowest BCUT2D eigenvalue weighted by atomic mass is 9.99. The summed E-state index contributed by atoms with van der Waals surface area (Å²) in [5.41, 5.74) is 0. The Bertz CT molecular complexity index is 1890. The molecule has 0 aromatic rings. The molecule has 0 fully saturated rings. The van der Waals surface area contributed by atoms with E-state index in [9.17, 15) is 43.2 Å². The third-order valence-corrected chi connectivity index (χ3v) is 20.7. The van der Waals surface area contributed by atoms with Gasteiger partial charge in [-0.25, -0.2) is 9.13 Å². The molecule has 0 amide bonds. The fourth-order valence-electron chi connectivity index (χ4n) is 12.2. The lowest BCUT2D eigenvalue weighted by molar-refractivity contribution is -0.161. The van der Waals surface area contributed by atoms with Gasteiger partial charge in [-0.1, -0.05) is 363 Å². The van der Waals surface area contributed by atoms with Crippen LogP contribution in [0.3, 0.4) is 0 Å². The van der Waals surface area contributed by atoms with Gasteiger partial charge in [-0.05, 0) is 37.5 Å². The van der Waals surface area contributed by atoms with Crippen LogP contribution in [0.2, 0.25) is 0 Å². The van der Waals surface area contributed by atoms with E-state index in [2.05, 4.69) is 41.5 Å². The fraction of sp³-hybridized carbons (Fsp3) is 0.949. The highest BCUT2D eigenvalue weighted by Crippen LogP contribution is 2.45. The first kappa shape index (κ1) is 96.1. The summed E-state index contributed by atoms with van der Waals surface area (Å²) in [7, 11) is -9.91. The van der Waals surface area contributed by atoms with Crippen LogP contribution >= 0.6 is 15.6 Å². The summed E-state index contributed by atoms with van der Waals surface area (Å²) in [6.07, 6.45) is 59.6. The van der Waals surface area contributed by atoms with Gasteiger partial charge in [0, 0.05) is 25.7 Å². The van der Waals surface area contributed by atoms with Crippen molar-refractivity contribution < 1.29 is 80.2 Å². The van der Waals surface area contributed by atoms with E-state index in [0.717, 1.165) is 102 Å². The van der Waals surface area contributed by atoms with Gasteiger partial charge in [0.15, 0.2) is 12.2 Å². The van der Waals surface area contributed by atoms with Crippen molar-refractivity contribution >= 4 is 39.5 Å². The average Bonchev–Trinajstić information content (AvgIpc) is 1.14. The number of phosphoric acid groups is 2. The number of ether oxygens (including phenoxy) is 4. The Morgan fingerprint density at radius 3 is 0.776 bits per heavy atom. The Labute approximate surface area is 600 Å². The maximum atomic E-state index is 13.1. The Morgan fingerprint density at radius 2 is 0.520 bits per heavy atom. The predicted molar refractivity (Wildman–Crippen MR) is 400 cm³/mol. The van der Waals surface area contributed by atoms with Gasteiger partial charge in [-0.2, -0.15) is 0 Å². The number of aliphatic hydroxyl groups is 1. The Morgan fingerprint density at radius 1 is 0.296 bits per heavy atom. The summed E-state index contributed by atoms with van der Waals surface area (Å²) in [4.78, 5) is 72.9. The van der Waals surface area contributed by atoms with Gasteiger partial charge in [0.2, 0.25) is 0 Å². The molecule has 0 saturated heterocycles. The highest BCUT2D eigenvalue weighted by atomic mass is 31.2. The van der Waals surface area contributed by atoms with Crippen LogP contribution in [-0.2, 0) is 65.4 Å². The fourth-order valence-corrected chi connectivity index (χ4v) is 13.7. The molecule has 582 valence electrons. The van der Waals surface area contributed by atoms with Crippen LogP contribution in [0.4, 0.5) is 0 Å². The molecule has 17 nitrogen and oxygen atoms in total. The van der Waals surface area contributed by atoms with E-state index in [1.165, 1.54) is 231 Å². The Balaban J connectivity index is 5.23. The summed E-state index contributed by atoms with van der Waals surface area (Å²) in [5, 5.41) is 10.6. The minimum Gasteiger partial charge on any atom is -0.462 e. The number of unbranched alkanes of at least 4 members (excludes halogenated alkanes) is 47. The monoisotopic (exact) mass is 1440 g/mol. The van der Waals surface area contributed by atoms with E-state index in [1.54, 1.807) is 0 Å². The molecule has 0 bridgehead atoms. The molecular formula is C79H154O17P2. The molecule has 0 heterocycles. The molecule has 19 heteroatoms. The van der Waals surface area contributed by atoms with E-state index in [4.69, 9.17) is 37.0 Å². The number of rotatable bonds is 78. The first-order valence-corrected chi connectivity index (χ1v) is 44.0. The zero-order valence-electron chi connectivity index (χ0n) is 64.1. The highest BCUT2D eigenvalue weighted by molar-refractivity contribution is 7.47. The molecule has 0 spiro atoms. The summed E-state index contributed by atoms with van der Waals surface area (Å²) >= 11 is 0. The van der Waals surface area contributed by atoms with Crippen LogP contribution in [-0.4, -0.2) is 96.7 Å². The first-order chi connectivity index (χ1) is 47.4. The first-order valence-electron chi connectivity index (χ1n) is 41.0. The molecule has 6 atom stereocenters. The lowest BCUT2D eigenvalue weighted by Crippen LogP contribution is -2.30. The zero-order valence-corrected chi connectivity index (χ0v) is 65.9. The molecule has 0 aromatic heterocycles. The molecule has 3 N–H and O–H groups in total. The topological polar surface area (TPSA) is 237 Å². The summed E-state index contributed by atoms with van der Waals surface area (Å²) in [6, 6.07) is 0. The number of aliphatic hydroxyl groups excluding tert-OH is 1. The van der Waals surface area contributed by atoms with Crippen molar-refractivity contribution in [1.82, 2.24) is 0 Å². The Hall–Kier alpha value is -1.94. The Kier molecular flexibility index (Phi) is 69.3. The highest BCUT2D eigenvalue weighted by Gasteiger charge is 2.30. The van der Waals surface area contributed by atoms with E-state index in [0.29, 0.717) is 25.7 Å². The second-order valence-electron chi connectivity index (χ2n) is 29.2. The van der Waals surface area contributed by atoms with Crippen molar-refractivity contribution in [3.8, 4) is 0 Å². The van der Waals surface area contributed by atoms with E-state index in [1.807, 2.05) is 0 Å². The normalized spacial score (nSPS) is 14.2. The van der Waals surface area contributed by atoms with E-state index < -0.39 is 97.5 Å². The summed E-state index contributed by atoms with van der Waals surface area (Å²) in [5.74, 6) is -0.518. The maximum absolute atomic E-state index is 13.1. The second kappa shape index (κ2) is 70.7. The number of esters is 4. The summed E-state index contributed by atoms with van der Waals surface area (Å²) in [6.45, 7) is 9.65. The molecule has 0 radical (unpaired) electrons. The molecule has 98 heavy (non-hydrogen) atoms. The molecule has 0 aliphatic rings. The van der Waals surface area contributed by atoms with Crippen LogP contribution in [0.15, 0.2) is 0 Å². The molecular weight excluding hydrogens is 1280 g/mol. The van der Waals surface area contributed by atoms with Crippen LogP contribution < -0.4 is 0 Å². The van der Waals surface area contributed by atoms with Crippen LogP contribution in [0.5, 0.6) is 0 Å². The van der Waals surface area contributed by atoms with Crippen molar-refractivity contribution in [2.75, 3.05) is 39.6 Å². The molecule has 0 rings (SSSR count). The number of phosphoric ester groups is 2. The molecule has 0 saturated carbocycles.